The second-order valence-electron chi connectivity index (χ2n) is 6.45. The van der Waals surface area contributed by atoms with E-state index in [0.29, 0.717) is 19.5 Å². The first-order chi connectivity index (χ1) is 8.53. The largest absolute Gasteiger partial charge is 0.444 e. The Hall–Kier alpha value is -1.30. The molecule has 0 aliphatic carbocycles. The fourth-order valence-electron chi connectivity index (χ4n) is 2.27. The van der Waals surface area contributed by atoms with Crippen molar-refractivity contribution in [3.05, 3.63) is 0 Å². The standard InChI is InChI=1S/C13H25N3O3/c1-9-8-16(11(18)19-12(2,3)4)6-5-13(9,15)7-10(14)17/h9H,5-8,15H2,1-4H3,(H2,14,17). The molecular formula is C13H25N3O3. The van der Waals surface area contributed by atoms with Crippen LogP contribution in [-0.4, -0.2) is 41.1 Å². The van der Waals surface area contributed by atoms with E-state index in [1.165, 1.54) is 0 Å². The smallest absolute Gasteiger partial charge is 0.410 e. The van der Waals surface area contributed by atoms with Gasteiger partial charge in [0, 0.05) is 25.0 Å². The molecule has 4 N–H and O–H groups in total. The van der Waals surface area contributed by atoms with Crippen LogP contribution < -0.4 is 11.5 Å². The molecule has 0 aromatic heterocycles. The highest BCUT2D eigenvalue weighted by Gasteiger charge is 2.40. The lowest BCUT2D eigenvalue weighted by molar-refractivity contribution is -0.120. The summed E-state index contributed by atoms with van der Waals surface area (Å²) in [5.41, 5.74) is 10.3. The molecule has 2 atom stereocenters. The molecular weight excluding hydrogens is 246 g/mol. The van der Waals surface area contributed by atoms with Crippen LogP contribution in [0.3, 0.4) is 0 Å². The van der Waals surface area contributed by atoms with Gasteiger partial charge in [-0.2, -0.15) is 0 Å². The number of amides is 2. The molecule has 0 spiro atoms. The van der Waals surface area contributed by atoms with Gasteiger partial charge < -0.3 is 21.1 Å². The Kier molecular flexibility index (Phi) is 4.45. The Morgan fingerprint density at radius 3 is 2.42 bits per heavy atom. The van der Waals surface area contributed by atoms with Gasteiger partial charge in [0.05, 0.1) is 0 Å². The number of nitrogens with two attached hydrogens (primary N) is 2. The Balaban J connectivity index is 2.63. The van der Waals surface area contributed by atoms with Crippen molar-refractivity contribution in [2.24, 2.45) is 17.4 Å². The third-order valence-electron chi connectivity index (χ3n) is 3.48. The Morgan fingerprint density at radius 2 is 2.00 bits per heavy atom. The molecule has 0 radical (unpaired) electrons. The van der Waals surface area contributed by atoms with E-state index in [1.54, 1.807) is 4.90 Å². The van der Waals surface area contributed by atoms with Crippen LogP contribution in [-0.2, 0) is 9.53 Å². The van der Waals surface area contributed by atoms with Gasteiger partial charge >= 0.3 is 6.09 Å². The van der Waals surface area contributed by atoms with Gasteiger partial charge in [-0.3, -0.25) is 4.79 Å². The quantitative estimate of drug-likeness (QED) is 0.777. The van der Waals surface area contributed by atoms with Gasteiger partial charge in [0.1, 0.15) is 5.60 Å². The Bertz CT molecular complexity index is 365. The second kappa shape index (κ2) is 5.36. The van der Waals surface area contributed by atoms with Gasteiger partial charge in [0.15, 0.2) is 0 Å². The maximum Gasteiger partial charge on any atom is 0.410 e. The number of hydrogen-bond donors (Lipinski definition) is 2. The highest BCUT2D eigenvalue weighted by Crippen LogP contribution is 2.29. The number of ether oxygens (including phenoxy) is 1. The fourth-order valence-corrected chi connectivity index (χ4v) is 2.27. The van der Waals surface area contributed by atoms with E-state index in [2.05, 4.69) is 0 Å². The van der Waals surface area contributed by atoms with E-state index in [1.807, 2.05) is 27.7 Å². The van der Waals surface area contributed by atoms with Crippen molar-refractivity contribution in [1.82, 2.24) is 4.90 Å². The molecule has 19 heavy (non-hydrogen) atoms. The molecule has 0 bridgehead atoms. The summed E-state index contributed by atoms with van der Waals surface area (Å²) in [6.07, 6.45) is 0.368. The van der Waals surface area contributed by atoms with Gasteiger partial charge in [-0.25, -0.2) is 4.79 Å². The number of carbonyl (C=O) groups is 2. The molecule has 1 aliphatic heterocycles. The number of likely N-dealkylation sites (tertiary alicyclic amines) is 1. The minimum absolute atomic E-state index is 0.00117. The van der Waals surface area contributed by atoms with Crippen LogP contribution in [0.2, 0.25) is 0 Å². The molecule has 6 heteroatoms. The van der Waals surface area contributed by atoms with Gasteiger partial charge in [-0.15, -0.1) is 0 Å². The average Bonchev–Trinajstić information content (AvgIpc) is 2.18. The normalized spacial score (nSPS) is 28.1. The van der Waals surface area contributed by atoms with Crippen LogP contribution in [0, 0.1) is 5.92 Å². The summed E-state index contributed by atoms with van der Waals surface area (Å²) in [4.78, 5) is 24.7. The summed E-state index contributed by atoms with van der Waals surface area (Å²) in [6, 6.07) is 0. The van der Waals surface area contributed by atoms with Crippen LogP contribution in [0.25, 0.3) is 0 Å². The van der Waals surface area contributed by atoms with Gasteiger partial charge in [0.25, 0.3) is 0 Å². The molecule has 0 aromatic carbocycles. The summed E-state index contributed by atoms with van der Waals surface area (Å²) in [5, 5.41) is 0. The maximum absolute atomic E-state index is 12.0. The fraction of sp³-hybridized carbons (Fsp3) is 0.846. The van der Waals surface area contributed by atoms with Crippen molar-refractivity contribution in [3.63, 3.8) is 0 Å². The molecule has 1 saturated heterocycles. The van der Waals surface area contributed by atoms with Crippen LogP contribution in [0.1, 0.15) is 40.5 Å². The third-order valence-corrected chi connectivity index (χ3v) is 3.48. The Morgan fingerprint density at radius 1 is 1.42 bits per heavy atom. The molecule has 0 saturated carbocycles. The van der Waals surface area contributed by atoms with Crippen LogP contribution >= 0.6 is 0 Å². The Labute approximate surface area is 114 Å². The van der Waals surface area contributed by atoms with Crippen molar-refractivity contribution in [2.45, 2.75) is 51.7 Å². The monoisotopic (exact) mass is 271 g/mol. The predicted molar refractivity (Wildman–Crippen MR) is 72.3 cm³/mol. The SMILES string of the molecule is CC1CN(C(=O)OC(C)(C)C)CCC1(N)CC(N)=O. The zero-order chi connectivity index (χ0) is 14.8. The van der Waals surface area contributed by atoms with E-state index in [-0.39, 0.29) is 18.4 Å². The number of nitrogens with zero attached hydrogens (tertiary/aromatic N) is 1. The number of primary amides is 1. The lowest BCUT2D eigenvalue weighted by Gasteiger charge is -2.43. The van der Waals surface area contributed by atoms with Crippen molar-refractivity contribution in [2.75, 3.05) is 13.1 Å². The summed E-state index contributed by atoms with van der Waals surface area (Å²) >= 11 is 0. The minimum Gasteiger partial charge on any atom is -0.444 e. The third kappa shape index (κ3) is 4.38. The maximum atomic E-state index is 12.0. The first-order valence-electron chi connectivity index (χ1n) is 6.58. The topological polar surface area (TPSA) is 98.7 Å². The molecule has 2 amide bonds. The molecule has 1 aliphatic rings. The first-order valence-corrected chi connectivity index (χ1v) is 6.58. The first kappa shape index (κ1) is 15.8. The summed E-state index contributed by atoms with van der Waals surface area (Å²) < 4.78 is 5.33. The molecule has 6 nitrogen and oxygen atoms in total. The number of rotatable bonds is 2. The highest BCUT2D eigenvalue weighted by atomic mass is 16.6. The molecule has 2 unspecified atom stereocenters. The van der Waals surface area contributed by atoms with E-state index in [4.69, 9.17) is 16.2 Å². The second-order valence-corrected chi connectivity index (χ2v) is 6.45. The van der Waals surface area contributed by atoms with Crippen molar-refractivity contribution in [3.8, 4) is 0 Å². The minimum atomic E-state index is -0.621. The van der Waals surface area contributed by atoms with Crippen LogP contribution in [0.5, 0.6) is 0 Å². The molecule has 1 fully saturated rings. The van der Waals surface area contributed by atoms with E-state index >= 15 is 0 Å². The lowest BCUT2D eigenvalue weighted by Crippen LogP contribution is -2.59. The van der Waals surface area contributed by atoms with Crippen molar-refractivity contribution in [1.29, 1.82) is 0 Å². The van der Waals surface area contributed by atoms with E-state index in [9.17, 15) is 9.59 Å². The summed E-state index contributed by atoms with van der Waals surface area (Å²) in [6.45, 7) is 8.40. The molecule has 110 valence electrons. The zero-order valence-electron chi connectivity index (χ0n) is 12.2. The average molecular weight is 271 g/mol. The van der Waals surface area contributed by atoms with Crippen LogP contribution in [0.4, 0.5) is 4.79 Å². The molecule has 1 rings (SSSR count). The number of piperidine rings is 1. The summed E-state index contributed by atoms with van der Waals surface area (Å²) in [5.74, 6) is -0.402. The number of carbonyl (C=O) groups excluding carboxylic acids is 2. The van der Waals surface area contributed by atoms with E-state index < -0.39 is 17.0 Å². The zero-order valence-corrected chi connectivity index (χ0v) is 12.2. The van der Waals surface area contributed by atoms with Gasteiger partial charge in [0.2, 0.25) is 5.91 Å². The lowest BCUT2D eigenvalue weighted by atomic mass is 9.77. The van der Waals surface area contributed by atoms with E-state index in [0.717, 1.165) is 0 Å². The summed E-state index contributed by atoms with van der Waals surface area (Å²) in [7, 11) is 0. The van der Waals surface area contributed by atoms with Gasteiger partial charge in [-0.05, 0) is 33.1 Å². The van der Waals surface area contributed by atoms with Gasteiger partial charge in [-0.1, -0.05) is 6.92 Å². The predicted octanol–water partition coefficient (Wildman–Crippen LogP) is 0.836. The highest BCUT2D eigenvalue weighted by molar-refractivity contribution is 5.75. The molecule has 0 aromatic rings. The van der Waals surface area contributed by atoms with Crippen molar-refractivity contribution < 1.29 is 14.3 Å². The molecule has 1 heterocycles. The number of hydrogen-bond acceptors (Lipinski definition) is 4. The van der Waals surface area contributed by atoms with Crippen LogP contribution in [0.15, 0.2) is 0 Å². The van der Waals surface area contributed by atoms with Crippen molar-refractivity contribution >= 4 is 12.0 Å².